The third kappa shape index (κ3) is 4.51. The summed E-state index contributed by atoms with van der Waals surface area (Å²) in [6.07, 6.45) is 0. The van der Waals surface area contributed by atoms with Crippen LogP contribution < -0.4 is 9.47 Å². The Kier molecular flexibility index (Phi) is 6.51. The average Bonchev–Trinajstić information content (AvgIpc) is 2.76. The quantitative estimate of drug-likeness (QED) is 0.389. The molecule has 3 rings (SSSR count). The van der Waals surface area contributed by atoms with Gasteiger partial charge in [-0.2, -0.15) is 0 Å². The second-order valence-corrected chi connectivity index (χ2v) is 6.51. The van der Waals surface area contributed by atoms with E-state index >= 15 is 0 Å². The molecule has 2 aromatic carbocycles. The van der Waals surface area contributed by atoms with E-state index in [4.69, 9.17) is 14.2 Å². The van der Waals surface area contributed by atoms with Gasteiger partial charge in [-0.05, 0) is 26.0 Å². The molecule has 0 atom stereocenters. The summed E-state index contributed by atoms with van der Waals surface area (Å²) in [4.78, 5) is 37.4. The fourth-order valence-corrected chi connectivity index (χ4v) is 3.15. The zero-order chi connectivity index (χ0) is 21.7. The maximum Gasteiger partial charge on any atom is 0.338 e. The Morgan fingerprint density at radius 2 is 1.87 bits per heavy atom. The van der Waals surface area contributed by atoms with E-state index in [1.807, 2.05) is 12.1 Å². The van der Waals surface area contributed by atoms with Crippen LogP contribution in [0.1, 0.15) is 40.1 Å². The van der Waals surface area contributed by atoms with Crippen LogP contribution in [-0.4, -0.2) is 48.1 Å². The molecule has 0 fully saturated rings. The molecule has 1 aliphatic rings. The lowest BCUT2D eigenvalue weighted by molar-refractivity contribution is -0.384. The smallest absolute Gasteiger partial charge is 0.338 e. The van der Waals surface area contributed by atoms with E-state index in [0.29, 0.717) is 31.3 Å². The van der Waals surface area contributed by atoms with E-state index in [1.165, 1.54) is 11.0 Å². The summed E-state index contributed by atoms with van der Waals surface area (Å²) < 4.78 is 16.2. The van der Waals surface area contributed by atoms with Gasteiger partial charge in [0.05, 0.1) is 17.1 Å². The highest BCUT2D eigenvalue weighted by atomic mass is 16.6. The summed E-state index contributed by atoms with van der Waals surface area (Å²) in [5.41, 5.74) is 0.405. The van der Waals surface area contributed by atoms with E-state index in [1.54, 1.807) is 19.9 Å². The number of carbonyl (C=O) groups is 2. The van der Waals surface area contributed by atoms with Gasteiger partial charge in [0.25, 0.3) is 11.6 Å². The molecule has 1 amide bonds. The Morgan fingerprint density at radius 1 is 1.13 bits per heavy atom. The maximum atomic E-state index is 13.1. The second kappa shape index (κ2) is 9.25. The van der Waals surface area contributed by atoms with Gasteiger partial charge in [-0.25, -0.2) is 4.79 Å². The normalized spacial score (nSPS) is 12.2. The first-order chi connectivity index (χ1) is 14.4. The van der Waals surface area contributed by atoms with Crippen LogP contribution in [0.15, 0.2) is 36.4 Å². The number of amides is 1. The second-order valence-electron chi connectivity index (χ2n) is 6.51. The minimum absolute atomic E-state index is 0.0380. The molecule has 1 aliphatic heterocycles. The highest BCUT2D eigenvalue weighted by Crippen LogP contribution is 2.34. The molecule has 0 aromatic heterocycles. The lowest BCUT2D eigenvalue weighted by Crippen LogP contribution is -2.31. The predicted octanol–water partition coefficient (Wildman–Crippen LogP) is 3.21. The monoisotopic (exact) mass is 414 g/mol. The first kappa shape index (κ1) is 21.1. The van der Waals surface area contributed by atoms with Crippen LogP contribution in [0, 0.1) is 10.1 Å². The Balaban J connectivity index is 1.92. The van der Waals surface area contributed by atoms with Gasteiger partial charge in [-0.3, -0.25) is 14.9 Å². The van der Waals surface area contributed by atoms with Crippen LogP contribution in [0.2, 0.25) is 0 Å². The highest BCUT2D eigenvalue weighted by Gasteiger charge is 2.24. The van der Waals surface area contributed by atoms with Gasteiger partial charge < -0.3 is 19.1 Å². The third-order valence-electron chi connectivity index (χ3n) is 4.56. The largest absolute Gasteiger partial charge is 0.486 e. The van der Waals surface area contributed by atoms with Crippen LogP contribution in [0.3, 0.4) is 0 Å². The van der Waals surface area contributed by atoms with Crippen molar-refractivity contribution in [3.05, 3.63) is 63.2 Å². The lowest BCUT2D eigenvalue weighted by Gasteiger charge is -2.25. The topological polar surface area (TPSA) is 108 Å². The number of nitro groups is 1. The number of fused-ring (bicyclic) bond motifs is 1. The average molecular weight is 414 g/mol. The molecule has 9 heteroatoms. The van der Waals surface area contributed by atoms with Crippen molar-refractivity contribution in [1.29, 1.82) is 0 Å². The summed E-state index contributed by atoms with van der Waals surface area (Å²) in [7, 11) is 0. The molecule has 0 saturated heterocycles. The van der Waals surface area contributed by atoms with Crippen LogP contribution in [0.25, 0.3) is 0 Å². The molecular formula is C21H22N2O7. The van der Waals surface area contributed by atoms with Gasteiger partial charge in [0.1, 0.15) is 13.2 Å². The van der Waals surface area contributed by atoms with Crippen molar-refractivity contribution in [2.45, 2.75) is 20.4 Å². The zero-order valence-electron chi connectivity index (χ0n) is 16.8. The fourth-order valence-electron chi connectivity index (χ4n) is 3.15. The summed E-state index contributed by atoms with van der Waals surface area (Å²) in [6.45, 7) is 4.99. The van der Waals surface area contributed by atoms with Crippen LogP contribution in [-0.2, 0) is 11.3 Å². The Morgan fingerprint density at radius 3 is 2.57 bits per heavy atom. The van der Waals surface area contributed by atoms with Crippen molar-refractivity contribution < 1.29 is 28.7 Å². The lowest BCUT2D eigenvalue weighted by atomic mass is 10.1. The first-order valence-electron chi connectivity index (χ1n) is 9.58. The van der Waals surface area contributed by atoms with Gasteiger partial charge in [0.15, 0.2) is 11.5 Å². The molecule has 2 aromatic rings. The number of rotatable bonds is 7. The van der Waals surface area contributed by atoms with Crippen molar-refractivity contribution in [2.24, 2.45) is 0 Å². The van der Waals surface area contributed by atoms with Gasteiger partial charge in [0.2, 0.25) is 0 Å². The molecule has 158 valence electrons. The number of ether oxygens (including phenoxy) is 3. The molecule has 0 unspecified atom stereocenters. The van der Waals surface area contributed by atoms with E-state index in [2.05, 4.69) is 0 Å². The fraction of sp³-hybridized carbons (Fsp3) is 0.333. The van der Waals surface area contributed by atoms with Gasteiger partial charge in [0, 0.05) is 36.3 Å². The third-order valence-corrected chi connectivity index (χ3v) is 4.56. The molecule has 0 saturated carbocycles. The molecule has 30 heavy (non-hydrogen) atoms. The Hall–Kier alpha value is -3.62. The van der Waals surface area contributed by atoms with Crippen LogP contribution >= 0.6 is 0 Å². The summed E-state index contributed by atoms with van der Waals surface area (Å²) in [6, 6.07) is 9.02. The van der Waals surface area contributed by atoms with Crippen molar-refractivity contribution in [1.82, 2.24) is 4.90 Å². The standard InChI is InChI=1S/C21H22N2O7/c1-3-22(13-14-6-5-7-18-19(14)30-9-8-29-18)20(24)15-10-16(21(25)28-4-2)12-17(11-15)23(26)27/h5-7,10-12H,3-4,8-9,13H2,1-2H3. The molecule has 0 aliphatic carbocycles. The number of esters is 1. The molecule has 0 radical (unpaired) electrons. The van der Waals surface area contributed by atoms with Crippen molar-refractivity contribution >= 4 is 17.6 Å². The Labute approximate surface area is 173 Å². The SMILES string of the molecule is CCOC(=O)c1cc(C(=O)N(CC)Cc2cccc3c2OCCO3)cc([N+](=O)[O-])c1. The first-order valence-corrected chi connectivity index (χ1v) is 9.58. The van der Waals surface area contributed by atoms with Crippen molar-refractivity contribution in [3.8, 4) is 11.5 Å². The van der Waals surface area contributed by atoms with E-state index in [0.717, 1.165) is 17.7 Å². The number of benzene rings is 2. The van der Waals surface area contributed by atoms with Gasteiger partial charge >= 0.3 is 5.97 Å². The number of non-ortho nitro benzene ring substituents is 1. The number of carbonyl (C=O) groups excluding carboxylic acids is 2. The summed E-state index contributed by atoms with van der Waals surface area (Å²) in [5, 5.41) is 11.3. The summed E-state index contributed by atoms with van der Waals surface area (Å²) >= 11 is 0. The van der Waals surface area contributed by atoms with Gasteiger partial charge in [-0.15, -0.1) is 0 Å². The number of nitro benzene ring substituents is 1. The molecule has 0 N–H and O–H groups in total. The van der Waals surface area contributed by atoms with Gasteiger partial charge in [-0.1, -0.05) is 12.1 Å². The van der Waals surface area contributed by atoms with Crippen LogP contribution in [0.4, 0.5) is 5.69 Å². The molecule has 0 spiro atoms. The highest BCUT2D eigenvalue weighted by molar-refractivity contribution is 5.99. The van der Waals surface area contributed by atoms with Crippen molar-refractivity contribution in [3.63, 3.8) is 0 Å². The minimum Gasteiger partial charge on any atom is -0.486 e. The van der Waals surface area contributed by atoms with Crippen LogP contribution in [0.5, 0.6) is 11.5 Å². The zero-order valence-corrected chi connectivity index (χ0v) is 16.8. The number of hydrogen-bond donors (Lipinski definition) is 0. The predicted molar refractivity (Wildman–Crippen MR) is 107 cm³/mol. The molecule has 9 nitrogen and oxygen atoms in total. The number of para-hydroxylation sites is 1. The van der Waals surface area contributed by atoms with E-state index in [-0.39, 0.29) is 30.0 Å². The molecule has 1 heterocycles. The molecular weight excluding hydrogens is 392 g/mol. The van der Waals surface area contributed by atoms with Crippen molar-refractivity contribution in [2.75, 3.05) is 26.4 Å². The minimum atomic E-state index is -0.721. The number of hydrogen-bond acceptors (Lipinski definition) is 7. The summed E-state index contributed by atoms with van der Waals surface area (Å²) in [5.74, 6) is 0.0329. The van der Waals surface area contributed by atoms with E-state index in [9.17, 15) is 19.7 Å². The number of nitrogens with zero attached hydrogens (tertiary/aromatic N) is 2. The molecule has 0 bridgehead atoms. The Bertz CT molecular complexity index is 974. The maximum absolute atomic E-state index is 13.1. The van der Waals surface area contributed by atoms with E-state index < -0.39 is 16.8 Å².